The van der Waals surface area contributed by atoms with Crippen molar-refractivity contribution in [2.24, 2.45) is 0 Å². The van der Waals surface area contributed by atoms with Crippen LogP contribution in [0.25, 0.3) is 22.2 Å². The molecule has 1 radical (unpaired) electrons. The molecule has 0 aliphatic heterocycles. The Morgan fingerprint density at radius 1 is 0.878 bits per heavy atom. The molecule has 0 saturated heterocycles. The average molecular weight is 568 g/mol. The molecular weight excluding hydrogens is 529 g/mol. The van der Waals surface area contributed by atoms with Crippen molar-refractivity contribution in [1.29, 1.82) is 0 Å². The maximum Gasteiger partial charge on any atom is 0.330 e. The van der Waals surface area contributed by atoms with Crippen LogP contribution in [-0.4, -0.2) is 56.0 Å². The SMILES string of the molecule is CC(=O)Nc1nc2ccc(NOC(C)(C)C(C)(C)O)cc2o1.CC(C)(O)C(C)(C)O[B]c1ccc2oc(N)nc2c1. The number of rotatable bonds is 9. The van der Waals surface area contributed by atoms with E-state index >= 15 is 0 Å². The minimum absolute atomic E-state index is 0.143. The number of nitrogens with one attached hydrogen (secondary N) is 2. The lowest BCUT2D eigenvalue weighted by molar-refractivity contribution is -0.130. The summed E-state index contributed by atoms with van der Waals surface area (Å²) < 4.78 is 16.3. The lowest BCUT2D eigenvalue weighted by Gasteiger charge is -2.37. The minimum atomic E-state index is -1.02. The summed E-state index contributed by atoms with van der Waals surface area (Å²) in [4.78, 5) is 24.8. The summed E-state index contributed by atoms with van der Waals surface area (Å²) >= 11 is 0. The first-order valence-corrected chi connectivity index (χ1v) is 13.0. The predicted molar refractivity (Wildman–Crippen MR) is 159 cm³/mol. The van der Waals surface area contributed by atoms with E-state index in [1.165, 1.54) is 6.92 Å². The molecule has 0 saturated carbocycles. The summed E-state index contributed by atoms with van der Waals surface area (Å²) in [5, 5.41) is 22.5. The van der Waals surface area contributed by atoms with Crippen molar-refractivity contribution < 1.29 is 33.3 Å². The van der Waals surface area contributed by atoms with Gasteiger partial charge in [0, 0.05) is 13.0 Å². The fourth-order valence-electron chi connectivity index (χ4n) is 2.90. The second-order valence-corrected chi connectivity index (χ2v) is 11.7. The van der Waals surface area contributed by atoms with Crippen LogP contribution in [0, 0.1) is 0 Å². The molecule has 0 aliphatic rings. The Bertz CT molecular complexity index is 1500. The van der Waals surface area contributed by atoms with Gasteiger partial charge in [-0.1, -0.05) is 11.5 Å². The molecule has 2 aromatic carbocycles. The highest BCUT2D eigenvalue weighted by Crippen LogP contribution is 2.28. The van der Waals surface area contributed by atoms with Crippen molar-refractivity contribution in [1.82, 2.24) is 9.97 Å². The van der Waals surface area contributed by atoms with Crippen LogP contribution in [0.5, 0.6) is 0 Å². The molecule has 41 heavy (non-hydrogen) atoms. The van der Waals surface area contributed by atoms with Crippen LogP contribution in [-0.2, 0) is 14.3 Å². The zero-order chi connectivity index (χ0) is 30.8. The molecule has 221 valence electrons. The zero-order valence-corrected chi connectivity index (χ0v) is 24.9. The molecule has 2 heterocycles. The number of oxazole rings is 2. The number of benzene rings is 2. The minimum Gasteiger partial charge on any atom is -0.427 e. The van der Waals surface area contributed by atoms with Crippen LogP contribution in [0.3, 0.4) is 0 Å². The van der Waals surface area contributed by atoms with Gasteiger partial charge in [-0.25, -0.2) is 0 Å². The molecule has 0 bridgehead atoms. The van der Waals surface area contributed by atoms with Gasteiger partial charge >= 0.3 is 13.5 Å². The lowest BCUT2D eigenvalue weighted by Crippen LogP contribution is -2.49. The highest BCUT2D eigenvalue weighted by atomic mass is 16.7. The molecule has 0 aliphatic carbocycles. The van der Waals surface area contributed by atoms with Gasteiger partial charge in [0.15, 0.2) is 11.2 Å². The van der Waals surface area contributed by atoms with Crippen LogP contribution >= 0.6 is 0 Å². The Labute approximate surface area is 239 Å². The van der Waals surface area contributed by atoms with Crippen molar-refractivity contribution in [3.63, 3.8) is 0 Å². The Balaban J connectivity index is 0.000000228. The van der Waals surface area contributed by atoms with E-state index in [-0.39, 0.29) is 17.9 Å². The highest BCUT2D eigenvalue weighted by molar-refractivity contribution is 6.47. The third kappa shape index (κ3) is 8.20. The fourth-order valence-corrected chi connectivity index (χ4v) is 2.90. The van der Waals surface area contributed by atoms with E-state index in [0.717, 1.165) is 5.46 Å². The van der Waals surface area contributed by atoms with E-state index in [4.69, 9.17) is 24.1 Å². The van der Waals surface area contributed by atoms with E-state index in [1.807, 2.05) is 26.0 Å². The first kappa shape index (κ1) is 31.9. The number of anilines is 3. The first-order chi connectivity index (χ1) is 18.8. The van der Waals surface area contributed by atoms with Gasteiger partial charge in [-0.3, -0.25) is 20.4 Å². The van der Waals surface area contributed by atoms with Gasteiger partial charge in [0.25, 0.3) is 6.01 Å². The van der Waals surface area contributed by atoms with Gasteiger partial charge in [0.2, 0.25) is 5.91 Å². The number of fused-ring (bicyclic) bond motifs is 2. The number of nitrogens with two attached hydrogens (primary N) is 1. The molecule has 2 aromatic heterocycles. The van der Waals surface area contributed by atoms with Crippen molar-refractivity contribution in [2.45, 2.75) is 84.7 Å². The average Bonchev–Trinajstić information content (AvgIpc) is 3.40. The van der Waals surface area contributed by atoms with Crippen molar-refractivity contribution in [3.8, 4) is 0 Å². The molecule has 0 spiro atoms. The summed E-state index contributed by atoms with van der Waals surface area (Å²) in [5.74, 6) is -0.250. The number of hydrogen-bond acceptors (Lipinski definition) is 11. The number of nitrogen functional groups attached to an aromatic ring is 1. The van der Waals surface area contributed by atoms with Crippen molar-refractivity contribution >= 4 is 58.8 Å². The Morgan fingerprint density at radius 3 is 2.15 bits per heavy atom. The highest BCUT2D eigenvalue weighted by Gasteiger charge is 2.37. The molecule has 12 nitrogen and oxygen atoms in total. The number of aromatic nitrogens is 2. The summed E-state index contributed by atoms with van der Waals surface area (Å²) in [6, 6.07) is 10.9. The van der Waals surface area contributed by atoms with Crippen molar-refractivity contribution in [3.05, 3.63) is 36.4 Å². The molecule has 4 rings (SSSR count). The second kappa shape index (κ2) is 11.7. The number of aliphatic hydroxyl groups is 2. The van der Waals surface area contributed by atoms with E-state index in [1.54, 1.807) is 73.3 Å². The van der Waals surface area contributed by atoms with Gasteiger partial charge in [-0.05, 0) is 79.7 Å². The van der Waals surface area contributed by atoms with Gasteiger partial charge < -0.3 is 29.4 Å². The van der Waals surface area contributed by atoms with Gasteiger partial charge in [-0.2, -0.15) is 9.97 Å². The molecule has 13 heteroatoms. The second-order valence-electron chi connectivity index (χ2n) is 11.7. The van der Waals surface area contributed by atoms with E-state index < -0.39 is 22.4 Å². The predicted octanol–water partition coefficient (Wildman–Crippen LogP) is 3.90. The third-order valence-electron chi connectivity index (χ3n) is 6.96. The van der Waals surface area contributed by atoms with Crippen LogP contribution in [0.4, 0.5) is 17.7 Å². The fraction of sp³-hybridized carbons (Fsp3) is 0.464. The van der Waals surface area contributed by atoms with Crippen molar-refractivity contribution in [2.75, 3.05) is 16.5 Å². The Morgan fingerprint density at radius 2 is 1.54 bits per heavy atom. The van der Waals surface area contributed by atoms with Gasteiger partial charge in [-0.15, -0.1) is 0 Å². The summed E-state index contributed by atoms with van der Waals surface area (Å²) in [6.07, 6.45) is 0. The Hall–Kier alpha value is -3.65. The smallest absolute Gasteiger partial charge is 0.330 e. The number of carbonyl (C=O) groups excluding carboxylic acids is 1. The molecule has 6 N–H and O–H groups in total. The largest absolute Gasteiger partial charge is 0.427 e. The van der Waals surface area contributed by atoms with Crippen LogP contribution < -0.4 is 22.0 Å². The van der Waals surface area contributed by atoms with E-state index in [0.29, 0.717) is 27.9 Å². The molecular formula is C28H39BN5O7. The first-order valence-electron chi connectivity index (χ1n) is 13.0. The van der Waals surface area contributed by atoms with Gasteiger partial charge in [0.05, 0.1) is 22.5 Å². The summed E-state index contributed by atoms with van der Waals surface area (Å²) in [5.41, 5.74) is 8.74. The number of nitrogens with zero attached hydrogens (tertiary/aromatic N) is 2. The normalized spacial score (nSPS) is 12.7. The van der Waals surface area contributed by atoms with E-state index in [9.17, 15) is 15.0 Å². The molecule has 0 atom stereocenters. The quantitative estimate of drug-likeness (QED) is 0.146. The molecule has 1 amide bonds. The maximum absolute atomic E-state index is 11.0. The zero-order valence-electron chi connectivity index (χ0n) is 24.9. The van der Waals surface area contributed by atoms with Gasteiger partial charge in [0.1, 0.15) is 16.6 Å². The number of carbonyl (C=O) groups is 1. The summed E-state index contributed by atoms with van der Waals surface area (Å²) in [6.45, 7) is 15.4. The van der Waals surface area contributed by atoms with Crippen LogP contribution in [0.2, 0.25) is 0 Å². The number of amides is 1. The molecule has 0 fully saturated rings. The number of hydrogen-bond donors (Lipinski definition) is 5. The standard InChI is InChI=1S/C15H21N3O4.C13H18BN2O3/c1-9(19)16-13-17-11-7-6-10(8-12(11)21-13)18-22-15(4,5)14(2,3)20;1-12(2,17)13(3,4)19-14-8-5-6-10-9(7-8)16-11(15)18-10/h6-8,18,20H,1-5H3,(H,16,17,19);5-7,17H,1-4H3,(H2,15,16). The third-order valence-corrected chi connectivity index (χ3v) is 6.96. The molecule has 0 unspecified atom stereocenters. The summed E-state index contributed by atoms with van der Waals surface area (Å²) in [7, 11) is 1.60. The van der Waals surface area contributed by atoms with Crippen LogP contribution in [0.15, 0.2) is 45.2 Å². The Kier molecular flexibility index (Phi) is 9.09. The molecule has 4 aromatic rings. The maximum atomic E-state index is 11.0. The monoisotopic (exact) mass is 568 g/mol. The van der Waals surface area contributed by atoms with E-state index in [2.05, 4.69) is 20.8 Å². The topological polar surface area (TPSA) is 178 Å². The van der Waals surface area contributed by atoms with Crippen LogP contribution in [0.1, 0.15) is 62.3 Å². The lowest BCUT2D eigenvalue weighted by atomic mass is 9.82.